The van der Waals surface area contributed by atoms with E-state index >= 15 is 0 Å². The van der Waals surface area contributed by atoms with Crippen LogP contribution >= 0.6 is 0 Å². The van der Waals surface area contributed by atoms with Crippen LogP contribution < -0.4 is 11.1 Å². The number of aromatic nitrogens is 1. The fourth-order valence-corrected chi connectivity index (χ4v) is 3.21. The highest BCUT2D eigenvalue weighted by Gasteiger charge is 2.24. The third-order valence-electron chi connectivity index (χ3n) is 4.38. The largest absolute Gasteiger partial charge is 0.367 e. The van der Waals surface area contributed by atoms with E-state index in [-0.39, 0.29) is 0 Å². The van der Waals surface area contributed by atoms with Crippen LogP contribution in [0.4, 0.5) is 5.82 Å². The van der Waals surface area contributed by atoms with Gasteiger partial charge in [-0.2, -0.15) is 5.26 Å². The van der Waals surface area contributed by atoms with Crippen molar-refractivity contribution in [2.75, 3.05) is 11.9 Å². The van der Waals surface area contributed by atoms with Gasteiger partial charge in [0.1, 0.15) is 5.82 Å². The molecule has 1 aliphatic rings. The number of para-hydroxylation sites is 1. The van der Waals surface area contributed by atoms with Crippen molar-refractivity contribution in [3.05, 3.63) is 35.9 Å². The SMILES string of the molecule is N#Cc1cc(NC2CCCCC2CN)nc2ccccc12. The summed E-state index contributed by atoms with van der Waals surface area (Å²) in [6, 6.07) is 12.3. The van der Waals surface area contributed by atoms with Crippen molar-refractivity contribution in [3.8, 4) is 6.07 Å². The minimum Gasteiger partial charge on any atom is -0.367 e. The highest BCUT2D eigenvalue weighted by atomic mass is 15.0. The van der Waals surface area contributed by atoms with Crippen molar-refractivity contribution < 1.29 is 0 Å². The van der Waals surface area contributed by atoms with E-state index in [0.29, 0.717) is 24.1 Å². The summed E-state index contributed by atoms with van der Waals surface area (Å²) in [6.07, 6.45) is 4.78. The number of hydrogen-bond acceptors (Lipinski definition) is 4. The van der Waals surface area contributed by atoms with Crippen LogP contribution in [-0.2, 0) is 0 Å². The normalized spacial score (nSPS) is 21.9. The molecule has 0 bridgehead atoms. The molecule has 0 spiro atoms. The predicted octanol–water partition coefficient (Wildman–Crippen LogP) is 3.04. The lowest BCUT2D eigenvalue weighted by Gasteiger charge is -2.31. The summed E-state index contributed by atoms with van der Waals surface area (Å²) >= 11 is 0. The Labute approximate surface area is 125 Å². The summed E-state index contributed by atoms with van der Waals surface area (Å²) in [5, 5.41) is 13.8. The van der Waals surface area contributed by atoms with Gasteiger partial charge < -0.3 is 11.1 Å². The van der Waals surface area contributed by atoms with E-state index in [1.165, 1.54) is 19.3 Å². The zero-order valence-electron chi connectivity index (χ0n) is 12.0. The Kier molecular flexibility index (Phi) is 4.03. The molecule has 3 rings (SSSR count). The Morgan fingerprint density at radius 3 is 2.90 bits per heavy atom. The molecule has 0 aliphatic heterocycles. The number of anilines is 1. The van der Waals surface area contributed by atoms with E-state index in [9.17, 15) is 5.26 Å². The number of nitrogens with zero attached hydrogens (tertiary/aromatic N) is 2. The molecule has 4 nitrogen and oxygen atoms in total. The third-order valence-corrected chi connectivity index (χ3v) is 4.38. The maximum absolute atomic E-state index is 9.34. The van der Waals surface area contributed by atoms with Gasteiger partial charge in [0.05, 0.1) is 17.1 Å². The minimum atomic E-state index is 0.365. The first-order valence-electron chi connectivity index (χ1n) is 7.58. The Bertz CT molecular complexity index is 674. The summed E-state index contributed by atoms with van der Waals surface area (Å²) in [7, 11) is 0. The molecule has 1 aromatic carbocycles. The Hall–Kier alpha value is -2.12. The number of nitriles is 1. The number of nitrogens with two attached hydrogens (primary N) is 1. The molecule has 3 N–H and O–H groups in total. The molecule has 1 fully saturated rings. The van der Waals surface area contributed by atoms with Crippen LogP contribution in [0.5, 0.6) is 0 Å². The molecule has 0 radical (unpaired) electrons. The van der Waals surface area contributed by atoms with Gasteiger partial charge in [-0.15, -0.1) is 0 Å². The zero-order valence-corrected chi connectivity index (χ0v) is 12.0. The van der Waals surface area contributed by atoms with Gasteiger partial charge in [0, 0.05) is 11.4 Å². The van der Waals surface area contributed by atoms with Crippen molar-refractivity contribution in [2.24, 2.45) is 11.7 Å². The van der Waals surface area contributed by atoms with Gasteiger partial charge in [0.25, 0.3) is 0 Å². The smallest absolute Gasteiger partial charge is 0.128 e. The third kappa shape index (κ3) is 2.84. The van der Waals surface area contributed by atoms with Crippen LogP contribution in [0.15, 0.2) is 30.3 Å². The van der Waals surface area contributed by atoms with Crippen LogP contribution in [0, 0.1) is 17.2 Å². The average Bonchev–Trinajstić information content (AvgIpc) is 2.54. The fraction of sp³-hybridized carbons (Fsp3) is 0.412. The molecule has 1 aliphatic carbocycles. The highest BCUT2D eigenvalue weighted by Crippen LogP contribution is 2.27. The van der Waals surface area contributed by atoms with E-state index in [4.69, 9.17) is 5.73 Å². The Morgan fingerprint density at radius 2 is 2.10 bits per heavy atom. The second kappa shape index (κ2) is 6.11. The van der Waals surface area contributed by atoms with E-state index in [0.717, 1.165) is 23.1 Å². The molecule has 4 heteroatoms. The van der Waals surface area contributed by atoms with Crippen LogP contribution in [-0.4, -0.2) is 17.6 Å². The molecule has 0 amide bonds. The second-order valence-electron chi connectivity index (χ2n) is 5.72. The van der Waals surface area contributed by atoms with Crippen LogP contribution in [0.2, 0.25) is 0 Å². The lowest BCUT2D eigenvalue weighted by Crippen LogP contribution is -2.36. The summed E-state index contributed by atoms with van der Waals surface area (Å²) < 4.78 is 0. The van der Waals surface area contributed by atoms with Gasteiger partial charge in [-0.3, -0.25) is 0 Å². The van der Waals surface area contributed by atoms with Gasteiger partial charge in [0.2, 0.25) is 0 Å². The number of nitrogens with one attached hydrogen (secondary N) is 1. The molecule has 21 heavy (non-hydrogen) atoms. The van der Waals surface area contributed by atoms with Crippen molar-refractivity contribution in [1.29, 1.82) is 5.26 Å². The van der Waals surface area contributed by atoms with E-state index in [1.807, 2.05) is 30.3 Å². The molecule has 1 heterocycles. The fourth-order valence-electron chi connectivity index (χ4n) is 3.21. The number of hydrogen-bond donors (Lipinski definition) is 2. The lowest BCUT2D eigenvalue weighted by molar-refractivity contribution is 0.332. The second-order valence-corrected chi connectivity index (χ2v) is 5.72. The van der Waals surface area contributed by atoms with E-state index in [1.54, 1.807) is 0 Å². The summed E-state index contributed by atoms with van der Waals surface area (Å²) in [5.41, 5.74) is 7.41. The zero-order chi connectivity index (χ0) is 14.7. The maximum Gasteiger partial charge on any atom is 0.128 e. The van der Waals surface area contributed by atoms with E-state index < -0.39 is 0 Å². The van der Waals surface area contributed by atoms with Crippen LogP contribution in [0.3, 0.4) is 0 Å². The standard InChI is InChI=1S/C17H20N4/c18-10-12-5-1-3-7-15(12)20-17-9-13(11-19)14-6-2-4-8-16(14)21-17/h2,4,6,8-9,12,15H,1,3,5,7,10,18H2,(H,20,21). The van der Waals surface area contributed by atoms with Gasteiger partial charge in [-0.05, 0) is 37.4 Å². The molecular formula is C17H20N4. The molecule has 0 saturated heterocycles. The van der Waals surface area contributed by atoms with Crippen LogP contribution in [0.1, 0.15) is 31.2 Å². The minimum absolute atomic E-state index is 0.365. The maximum atomic E-state index is 9.34. The number of fused-ring (bicyclic) bond motifs is 1. The lowest BCUT2D eigenvalue weighted by atomic mass is 9.84. The Balaban J connectivity index is 1.92. The highest BCUT2D eigenvalue weighted by molar-refractivity contribution is 5.86. The molecule has 108 valence electrons. The van der Waals surface area contributed by atoms with Gasteiger partial charge in [0.15, 0.2) is 0 Å². The molecule has 2 unspecified atom stereocenters. The van der Waals surface area contributed by atoms with Gasteiger partial charge in [-0.25, -0.2) is 4.98 Å². The van der Waals surface area contributed by atoms with Crippen molar-refractivity contribution >= 4 is 16.7 Å². The van der Waals surface area contributed by atoms with Gasteiger partial charge in [-0.1, -0.05) is 31.0 Å². The topological polar surface area (TPSA) is 74.7 Å². The number of benzene rings is 1. The quantitative estimate of drug-likeness (QED) is 0.906. The first kappa shape index (κ1) is 13.8. The molecule has 2 atom stereocenters. The van der Waals surface area contributed by atoms with Crippen molar-refractivity contribution in [3.63, 3.8) is 0 Å². The predicted molar refractivity (Wildman–Crippen MR) is 84.9 cm³/mol. The number of pyridine rings is 1. The van der Waals surface area contributed by atoms with Crippen molar-refractivity contribution in [2.45, 2.75) is 31.7 Å². The Morgan fingerprint density at radius 1 is 1.29 bits per heavy atom. The summed E-state index contributed by atoms with van der Waals surface area (Å²) in [6.45, 7) is 0.705. The van der Waals surface area contributed by atoms with Crippen LogP contribution in [0.25, 0.3) is 10.9 Å². The molecule has 2 aromatic rings. The summed E-state index contributed by atoms with van der Waals surface area (Å²) in [4.78, 5) is 4.64. The monoisotopic (exact) mass is 280 g/mol. The molecule has 1 saturated carbocycles. The summed E-state index contributed by atoms with van der Waals surface area (Å²) in [5.74, 6) is 1.29. The first-order valence-corrected chi connectivity index (χ1v) is 7.58. The van der Waals surface area contributed by atoms with Gasteiger partial charge >= 0.3 is 0 Å². The first-order chi connectivity index (χ1) is 10.3. The average molecular weight is 280 g/mol. The van der Waals surface area contributed by atoms with Crippen molar-refractivity contribution in [1.82, 2.24) is 4.98 Å². The molecular weight excluding hydrogens is 260 g/mol. The van der Waals surface area contributed by atoms with E-state index in [2.05, 4.69) is 16.4 Å². The molecule has 1 aromatic heterocycles. The number of rotatable bonds is 3.